The highest BCUT2D eigenvalue weighted by Crippen LogP contribution is 2.18. The fourth-order valence-corrected chi connectivity index (χ4v) is 2.09. The van der Waals surface area contributed by atoms with Gasteiger partial charge in [-0.2, -0.15) is 0 Å². The Morgan fingerprint density at radius 2 is 2.00 bits per heavy atom. The number of hydrogen-bond acceptors (Lipinski definition) is 3. The molecule has 4 heteroatoms. The summed E-state index contributed by atoms with van der Waals surface area (Å²) in [6.45, 7) is 5.60. The van der Waals surface area contributed by atoms with Crippen LogP contribution in [0.2, 0.25) is 0 Å². The molecule has 1 N–H and O–H groups in total. The van der Waals surface area contributed by atoms with E-state index in [1.165, 1.54) is 0 Å². The number of halogens is 1. The van der Waals surface area contributed by atoms with Crippen molar-refractivity contribution >= 4 is 15.9 Å². The van der Waals surface area contributed by atoms with E-state index in [2.05, 4.69) is 40.1 Å². The zero-order chi connectivity index (χ0) is 14.4. The lowest BCUT2D eigenvalue weighted by molar-refractivity contribution is 0.293. The second-order valence-corrected chi connectivity index (χ2v) is 5.77. The third kappa shape index (κ3) is 4.62. The molecule has 2 rings (SSSR count). The van der Waals surface area contributed by atoms with E-state index < -0.39 is 0 Å². The second kappa shape index (κ2) is 7.41. The first-order valence-corrected chi connectivity index (χ1v) is 7.49. The highest BCUT2D eigenvalue weighted by molar-refractivity contribution is 9.10. The Kier molecular flexibility index (Phi) is 5.56. The van der Waals surface area contributed by atoms with Gasteiger partial charge < -0.3 is 10.1 Å². The molecule has 2 aromatic rings. The van der Waals surface area contributed by atoms with Crippen LogP contribution >= 0.6 is 15.9 Å². The van der Waals surface area contributed by atoms with Crippen molar-refractivity contribution in [2.75, 3.05) is 0 Å². The number of rotatable bonds is 6. The molecular formula is C16H19BrN2O. The van der Waals surface area contributed by atoms with E-state index in [4.69, 9.17) is 4.74 Å². The van der Waals surface area contributed by atoms with Crippen molar-refractivity contribution in [2.24, 2.45) is 0 Å². The average Bonchev–Trinajstić information content (AvgIpc) is 2.45. The van der Waals surface area contributed by atoms with Crippen molar-refractivity contribution in [2.45, 2.75) is 33.0 Å². The van der Waals surface area contributed by atoms with Crippen molar-refractivity contribution in [1.82, 2.24) is 10.3 Å². The van der Waals surface area contributed by atoms with Gasteiger partial charge in [0.25, 0.3) is 0 Å². The molecule has 0 bridgehead atoms. The standard InChI is InChI=1S/C16H19BrN2O/c1-12(2)18-9-13-7-8-16(19-10-13)20-11-14-5-3-4-6-15(14)17/h3-8,10,12,18H,9,11H2,1-2H3. The van der Waals surface area contributed by atoms with E-state index in [1.54, 1.807) is 0 Å². The Labute approximate surface area is 128 Å². The maximum Gasteiger partial charge on any atom is 0.213 e. The zero-order valence-corrected chi connectivity index (χ0v) is 13.4. The van der Waals surface area contributed by atoms with Gasteiger partial charge in [0.2, 0.25) is 5.88 Å². The molecule has 0 aliphatic rings. The summed E-state index contributed by atoms with van der Waals surface area (Å²) in [4.78, 5) is 4.32. The lowest BCUT2D eigenvalue weighted by Gasteiger charge is -2.09. The van der Waals surface area contributed by atoms with Gasteiger partial charge in [-0.3, -0.25) is 0 Å². The molecule has 1 aromatic heterocycles. The smallest absolute Gasteiger partial charge is 0.213 e. The van der Waals surface area contributed by atoms with E-state index in [0.29, 0.717) is 18.5 Å². The van der Waals surface area contributed by atoms with Crippen molar-refractivity contribution in [3.63, 3.8) is 0 Å². The molecule has 0 spiro atoms. The summed E-state index contributed by atoms with van der Waals surface area (Å²) >= 11 is 3.51. The van der Waals surface area contributed by atoms with Gasteiger partial charge >= 0.3 is 0 Å². The molecule has 0 saturated carbocycles. The number of nitrogens with zero attached hydrogens (tertiary/aromatic N) is 1. The Morgan fingerprint density at radius 3 is 2.65 bits per heavy atom. The fourth-order valence-electron chi connectivity index (χ4n) is 1.69. The molecule has 0 aliphatic heterocycles. The highest BCUT2D eigenvalue weighted by Gasteiger charge is 2.02. The summed E-state index contributed by atoms with van der Waals surface area (Å²) in [7, 11) is 0. The van der Waals surface area contributed by atoms with Crippen molar-refractivity contribution < 1.29 is 4.74 Å². The van der Waals surface area contributed by atoms with Gasteiger partial charge in [0.1, 0.15) is 6.61 Å². The third-order valence-corrected chi connectivity index (χ3v) is 3.62. The Hall–Kier alpha value is -1.39. The molecule has 106 valence electrons. The van der Waals surface area contributed by atoms with Crippen LogP contribution in [0, 0.1) is 0 Å². The number of hydrogen-bond donors (Lipinski definition) is 1. The van der Waals surface area contributed by atoms with Crippen LogP contribution in [-0.2, 0) is 13.2 Å². The first kappa shape index (κ1) is 15.0. The monoisotopic (exact) mass is 334 g/mol. The average molecular weight is 335 g/mol. The Balaban J connectivity index is 1.89. The summed E-state index contributed by atoms with van der Waals surface area (Å²) in [5.41, 5.74) is 2.27. The lowest BCUT2D eigenvalue weighted by atomic mass is 10.2. The molecule has 0 amide bonds. The number of ether oxygens (including phenoxy) is 1. The first-order valence-electron chi connectivity index (χ1n) is 6.69. The molecule has 0 fully saturated rings. The van der Waals surface area contributed by atoms with E-state index in [1.807, 2.05) is 42.6 Å². The van der Waals surface area contributed by atoms with Crippen LogP contribution in [0.1, 0.15) is 25.0 Å². The van der Waals surface area contributed by atoms with E-state index in [0.717, 1.165) is 22.1 Å². The van der Waals surface area contributed by atoms with Crippen LogP contribution < -0.4 is 10.1 Å². The summed E-state index contributed by atoms with van der Waals surface area (Å²) in [6, 6.07) is 12.4. The molecule has 20 heavy (non-hydrogen) atoms. The highest BCUT2D eigenvalue weighted by atomic mass is 79.9. The molecule has 0 unspecified atom stereocenters. The molecule has 3 nitrogen and oxygen atoms in total. The molecular weight excluding hydrogens is 316 g/mol. The summed E-state index contributed by atoms with van der Waals surface area (Å²) < 4.78 is 6.75. The van der Waals surface area contributed by atoms with E-state index in [9.17, 15) is 0 Å². The van der Waals surface area contributed by atoms with Gasteiger partial charge in [-0.1, -0.05) is 54.0 Å². The van der Waals surface area contributed by atoms with E-state index >= 15 is 0 Å². The second-order valence-electron chi connectivity index (χ2n) is 4.92. The van der Waals surface area contributed by atoms with Gasteiger partial charge in [0.05, 0.1) is 0 Å². The summed E-state index contributed by atoms with van der Waals surface area (Å²) in [5.74, 6) is 0.647. The van der Waals surface area contributed by atoms with Crippen molar-refractivity contribution in [1.29, 1.82) is 0 Å². The van der Waals surface area contributed by atoms with E-state index in [-0.39, 0.29) is 0 Å². The molecule has 0 aliphatic carbocycles. The topological polar surface area (TPSA) is 34.1 Å². The summed E-state index contributed by atoms with van der Waals surface area (Å²) in [6.07, 6.45) is 1.85. The van der Waals surface area contributed by atoms with Crippen LogP contribution in [0.15, 0.2) is 47.1 Å². The molecule has 1 aromatic carbocycles. The number of nitrogens with one attached hydrogen (secondary N) is 1. The quantitative estimate of drug-likeness (QED) is 0.869. The van der Waals surface area contributed by atoms with Gasteiger partial charge in [0, 0.05) is 34.9 Å². The largest absolute Gasteiger partial charge is 0.473 e. The maximum absolute atomic E-state index is 5.69. The molecule has 0 radical (unpaired) electrons. The SMILES string of the molecule is CC(C)NCc1ccc(OCc2ccccc2Br)nc1. The number of benzene rings is 1. The molecule has 0 atom stereocenters. The van der Waals surface area contributed by atoms with Crippen LogP contribution in [0.3, 0.4) is 0 Å². The predicted molar refractivity (Wildman–Crippen MR) is 84.7 cm³/mol. The van der Waals surface area contributed by atoms with Crippen LogP contribution in [0.4, 0.5) is 0 Å². The minimum Gasteiger partial charge on any atom is -0.473 e. The van der Waals surface area contributed by atoms with Crippen molar-refractivity contribution in [3.05, 3.63) is 58.2 Å². The van der Waals surface area contributed by atoms with Gasteiger partial charge in [-0.15, -0.1) is 0 Å². The normalized spacial score (nSPS) is 10.8. The van der Waals surface area contributed by atoms with Crippen LogP contribution in [-0.4, -0.2) is 11.0 Å². The zero-order valence-electron chi connectivity index (χ0n) is 11.8. The van der Waals surface area contributed by atoms with Gasteiger partial charge in [-0.05, 0) is 11.6 Å². The van der Waals surface area contributed by atoms with Gasteiger partial charge in [-0.25, -0.2) is 4.98 Å². The number of pyridine rings is 1. The minimum atomic E-state index is 0.473. The number of aromatic nitrogens is 1. The fraction of sp³-hybridized carbons (Fsp3) is 0.312. The Bertz CT molecular complexity index is 540. The van der Waals surface area contributed by atoms with Crippen LogP contribution in [0.25, 0.3) is 0 Å². The Morgan fingerprint density at radius 1 is 1.20 bits per heavy atom. The predicted octanol–water partition coefficient (Wildman–Crippen LogP) is 3.92. The van der Waals surface area contributed by atoms with Gasteiger partial charge in [0.15, 0.2) is 0 Å². The summed E-state index contributed by atoms with van der Waals surface area (Å²) in [5, 5.41) is 3.36. The molecule has 1 heterocycles. The minimum absolute atomic E-state index is 0.473. The van der Waals surface area contributed by atoms with Crippen molar-refractivity contribution in [3.8, 4) is 5.88 Å². The molecule has 0 saturated heterocycles. The maximum atomic E-state index is 5.69. The third-order valence-electron chi connectivity index (χ3n) is 2.85. The first-order chi connectivity index (χ1) is 9.65. The van der Waals surface area contributed by atoms with Crippen LogP contribution in [0.5, 0.6) is 5.88 Å². The lowest BCUT2D eigenvalue weighted by Crippen LogP contribution is -2.21.